The molecule has 12 heteroatoms. The SMILES string of the molecule is C=CC(=O)NCOc1cc(C(C)C)c(N2C(=O)c3cc4cc5cc6c(cc5cc4cc3C2=O)CCc2cc3cc4cc5c(cc4cc3cc2/C=C\6)C(=O)N(c2c(C(C)C)cc(OCNC(=O)C=C)cc2C(C)C)C5=O)c(C(C)C)c1. The largest absolute Gasteiger partial charge is 0.473 e. The van der Waals surface area contributed by atoms with E-state index in [2.05, 4.69) is 84.5 Å². The molecule has 12 nitrogen and oxygen atoms in total. The second-order valence-corrected chi connectivity index (χ2v) is 22.3. The number of imide groups is 2. The number of nitrogens with zero attached hydrogens (tertiary/aromatic N) is 2. The zero-order valence-electron chi connectivity index (χ0n) is 46.3. The molecule has 6 amide bonds. The van der Waals surface area contributed by atoms with Crippen LogP contribution in [0.3, 0.4) is 0 Å². The lowest BCUT2D eigenvalue weighted by Gasteiger charge is -2.26. The minimum absolute atomic E-state index is 0.0620. The Kier molecular flexibility index (Phi) is 13.6. The van der Waals surface area contributed by atoms with Crippen molar-refractivity contribution in [1.82, 2.24) is 10.6 Å². The Bertz CT molecular complexity index is 3780. The van der Waals surface area contributed by atoms with Gasteiger partial charge in [0.15, 0.2) is 13.5 Å². The van der Waals surface area contributed by atoms with Crippen LogP contribution in [0.2, 0.25) is 0 Å². The number of aryl methyl sites for hydroxylation is 2. The standard InChI is InChI=1S/C68H62N4O8/c1-11-61(73)69-33-79-51-29-53(35(3)4)63(54(30-51)36(5)6)71-65(75)57-25-47-21-43-17-39-13-15-41-19-45-23-49-27-59-60(28-50(49)24-46(45)20-42(41)16-14-40(39)18-44(43)22-48(47)26-58(57)66(71)76)68(78)72(67(59)77)64-55(37(7)8)31-52(32-56(64)38(9)10)80-34-70-62(74)12-2/h11-13,15,17-32,35-38H,1-2,14,16,33-34H2,3-10H3,(H,69,73)(H,70,74)/b15-13-. The Morgan fingerprint density at radius 3 is 0.988 bits per heavy atom. The van der Waals surface area contributed by atoms with Crippen LogP contribution in [0.1, 0.15) is 165 Å². The van der Waals surface area contributed by atoms with Gasteiger partial charge in [0.05, 0.1) is 33.6 Å². The fourth-order valence-corrected chi connectivity index (χ4v) is 11.6. The van der Waals surface area contributed by atoms with Crippen LogP contribution in [0.15, 0.2) is 122 Å². The van der Waals surface area contributed by atoms with Crippen molar-refractivity contribution in [3.05, 3.63) is 189 Å². The summed E-state index contributed by atoms with van der Waals surface area (Å²) in [5.74, 6) is -1.43. The minimum atomic E-state index is -0.373. The number of benzene rings is 8. The molecular weight excluding hydrogens is 1000 g/mol. The van der Waals surface area contributed by atoms with Gasteiger partial charge < -0.3 is 20.1 Å². The Morgan fingerprint density at radius 1 is 0.438 bits per heavy atom. The van der Waals surface area contributed by atoms with E-state index in [4.69, 9.17) is 9.47 Å². The second-order valence-electron chi connectivity index (χ2n) is 22.3. The zero-order valence-corrected chi connectivity index (χ0v) is 46.3. The molecule has 0 saturated carbocycles. The maximum atomic E-state index is 14.5. The van der Waals surface area contributed by atoms with Crippen LogP contribution in [0.5, 0.6) is 11.5 Å². The van der Waals surface area contributed by atoms with Crippen molar-refractivity contribution in [1.29, 1.82) is 0 Å². The molecule has 0 radical (unpaired) electrons. The van der Waals surface area contributed by atoms with Crippen molar-refractivity contribution in [2.75, 3.05) is 23.3 Å². The van der Waals surface area contributed by atoms with Gasteiger partial charge in [-0.1, -0.05) is 92.8 Å². The van der Waals surface area contributed by atoms with Crippen molar-refractivity contribution in [3.63, 3.8) is 0 Å². The zero-order chi connectivity index (χ0) is 56.6. The summed E-state index contributed by atoms with van der Waals surface area (Å²) in [5.41, 5.74) is 10.3. The molecule has 0 aromatic heterocycles. The van der Waals surface area contributed by atoms with Crippen LogP contribution in [0.4, 0.5) is 11.4 Å². The van der Waals surface area contributed by atoms with Gasteiger partial charge in [-0.3, -0.25) is 28.8 Å². The van der Waals surface area contributed by atoms with E-state index in [9.17, 15) is 28.8 Å². The maximum absolute atomic E-state index is 14.5. The second kappa shape index (κ2) is 20.6. The quantitative estimate of drug-likeness (QED) is 0.0473. The van der Waals surface area contributed by atoms with Crippen LogP contribution < -0.4 is 29.9 Å². The molecule has 8 aromatic carbocycles. The average molecular weight is 1060 g/mol. The summed E-state index contributed by atoms with van der Waals surface area (Å²) in [7, 11) is 0. The van der Waals surface area contributed by atoms with E-state index in [1.54, 1.807) is 0 Å². The summed E-state index contributed by atoms with van der Waals surface area (Å²) in [4.78, 5) is 84.5. The molecule has 0 fully saturated rings. The van der Waals surface area contributed by atoms with E-state index in [0.29, 0.717) is 45.1 Å². The van der Waals surface area contributed by atoms with Gasteiger partial charge in [0.2, 0.25) is 11.8 Å². The van der Waals surface area contributed by atoms with Gasteiger partial charge in [0.1, 0.15) is 11.5 Å². The van der Waals surface area contributed by atoms with Crippen LogP contribution >= 0.6 is 0 Å². The number of rotatable bonds is 14. The maximum Gasteiger partial charge on any atom is 0.266 e. The smallest absolute Gasteiger partial charge is 0.266 e. The van der Waals surface area contributed by atoms with Crippen LogP contribution in [-0.2, 0) is 22.4 Å². The normalized spacial score (nSPS) is 14.3. The summed E-state index contributed by atoms with van der Waals surface area (Å²) >= 11 is 0. The molecule has 2 aliphatic heterocycles. The Morgan fingerprint density at radius 2 is 0.713 bits per heavy atom. The third kappa shape index (κ3) is 9.27. The highest BCUT2D eigenvalue weighted by molar-refractivity contribution is 6.37. The molecule has 402 valence electrons. The first-order valence-electron chi connectivity index (χ1n) is 27.3. The third-order valence-corrected chi connectivity index (χ3v) is 15.8. The monoisotopic (exact) mass is 1060 g/mol. The van der Waals surface area contributed by atoms with E-state index >= 15 is 0 Å². The highest BCUT2D eigenvalue weighted by atomic mass is 16.5. The number of nitrogens with one attached hydrogen (secondary N) is 2. The number of hydrogen-bond acceptors (Lipinski definition) is 8. The number of hydrogen-bond donors (Lipinski definition) is 2. The number of amides is 6. The van der Waals surface area contributed by atoms with Crippen LogP contribution in [-0.4, -0.2) is 48.9 Å². The molecule has 0 atom stereocenters. The third-order valence-electron chi connectivity index (χ3n) is 15.8. The molecule has 1 aliphatic carbocycles. The summed E-state index contributed by atoms with van der Waals surface area (Å²) < 4.78 is 11.9. The number of ether oxygens (including phenoxy) is 2. The van der Waals surface area contributed by atoms with Gasteiger partial charge in [-0.15, -0.1) is 0 Å². The van der Waals surface area contributed by atoms with Crippen LogP contribution in [0, 0.1) is 0 Å². The molecule has 11 rings (SSSR count). The van der Waals surface area contributed by atoms with Crippen molar-refractivity contribution < 1.29 is 38.2 Å². The van der Waals surface area contributed by atoms with E-state index < -0.39 is 0 Å². The van der Waals surface area contributed by atoms with E-state index in [1.807, 2.05) is 104 Å². The molecule has 2 heterocycles. The molecule has 3 aliphatic rings. The van der Waals surface area contributed by atoms with E-state index in [-0.39, 0.29) is 72.6 Å². The summed E-state index contributed by atoms with van der Waals surface area (Å²) in [6.45, 7) is 23.0. The average Bonchev–Trinajstić information content (AvgIpc) is 3.94. The fourth-order valence-electron chi connectivity index (χ4n) is 11.6. The number of anilines is 2. The predicted octanol–water partition coefficient (Wildman–Crippen LogP) is 13.9. The molecule has 0 saturated heterocycles. The van der Waals surface area contributed by atoms with Gasteiger partial charge in [-0.25, -0.2) is 9.80 Å². The minimum Gasteiger partial charge on any atom is -0.473 e. The highest BCUT2D eigenvalue weighted by Gasteiger charge is 2.42. The molecule has 8 aromatic rings. The van der Waals surface area contributed by atoms with Gasteiger partial charge in [-0.2, -0.15) is 0 Å². The molecule has 2 N–H and O–H groups in total. The fraction of sp³-hybridized carbons (Fsp3) is 0.235. The van der Waals surface area contributed by atoms with Crippen molar-refractivity contribution in [3.8, 4) is 11.5 Å². The van der Waals surface area contributed by atoms with Crippen molar-refractivity contribution in [2.45, 2.75) is 91.9 Å². The van der Waals surface area contributed by atoms with Crippen molar-refractivity contribution in [2.24, 2.45) is 0 Å². The van der Waals surface area contributed by atoms with Crippen molar-refractivity contribution >= 4 is 102 Å². The lowest BCUT2D eigenvalue weighted by atomic mass is 9.88. The first-order valence-corrected chi connectivity index (χ1v) is 27.3. The molecule has 0 spiro atoms. The Labute approximate surface area is 464 Å². The lowest BCUT2D eigenvalue weighted by molar-refractivity contribution is -0.118. The number of carbonyl (C=O) groups is 6. The molecule has 0 bridgehead atoms. The summed E-state index contributed by atoms with van der Waals surface area (Å²) in [6.07, 6.45) is 8.25. The van der Waals surface area contributed by atoms with Gasteiger partial charge in [0, 0.05) is 0 Å². The number of fused-ring (bicyclic) bond motifs is 8. The molecular formula is C68H62N4O8. The topological polar surface area (TPSA) is 151 Å². The van der Waals surface area contributed by atoms with Gasteiger partial charge in [0.25, 0.3) is 23.6 Å². The molecule has 0 unspecified atom stereocenters. The molecule has 80 heavy (non-hydrogen) atoms. The predicted molar refractivity (Wildman–Crippen MR) is 318 cm³/mol. The Balaban J connectivity index is 0.891. The lowest BCUT2D eigenvalue weighted by Crippen LogP contribution is -2.32. The summed E-state index contributed by atoms with van der Waals surface area (Å²) in [6, 6.07) is 32.1. The Hall–Kier alpha value is -9.16. The van der Waals surface area contributed by atoms with Gasteiger partial charge >= 0.3 is 0 Å². The van der Waals surface area contributed by atoms with E-state index in [1.165, 1.54) is 33.1 Å². The van der Waals surface area contributed by atoms with Gasteiger partial charge in [-0.05, 0) is 221 Å². The first-order chi connectivity index (χ1) is 38.3. The summed E-state index contributed by atoms with van der Waals surface area (Å²) in [5, 5.41) is 12.8. The first kappa shape index (κ1) is 52.9. The number of carbonyl (C=O) groups excluding carboxylic acids is 6. The van der Waals surface area contributed by atoms with E-state index in [0.717, 1.165) is 89.3 Å². The highest BCUT2D eigenvalue weighted by Crippen LogP contribution is 2.45. The van der Waals surface area contributed by atoms with Crippen LogP contribution in [0.25, 0.3) is 55.2 Å².